The summed E-state index contributed by atoms with van der Waals surface area (Å²) in [6, 6.07) is 8.80. The molecule has 0 fully saturated rings. The van der Waals surface area contributed by atoms with Gasteiger partial charge in [-0.25, -0.2) is 0 Å². The molecule has 0 spiro atoms. The Morgan fingerprint density at radius 2 is 2.17 bits per heavy atom. The Balaban J connectivity index is 1.94. The van der Waals surface area contributed by atoms with E-state index in [1.807, 2.05) is 0 Å². The summed E-state index contributed by atoms with van der Waals surface area (Å²) < 4.78 is 0. The fourth-order valence-corrected chi connectivity index (χ4v) is 2.80. The number of rotatable bonds is 5. The smallest absolute Gasteiger partial charge is 0.0727 e. The zero-order chi connectivity index (χ0) is 13.0. The highest BCUT2D eigenvalue weighted by atomic mass is 32.1. The summed E-state index contributed by atoms with van der Waals surface area (Å²) in [5.41, 5.74) is 8.45. The van der Waals surface area contributed by atoms with Gasteiger partial charge in [0.25, 0.3) is 0 Å². The number of fused-ring (bicyclic) bond motifs is 1. The third kappa shape index (κ3) is 3.22. The van der Waals surface area contributed by atoms with E-state index in [4.69, 9.17) is 18.0 Å². The lowest BCUT2D eigenvalue weighted by Crippen LogP contribution is -2.31. The number of para-hydroxylation sites is 1. The van der Waals surface area contributed by atoms with E-state index in [1.54, 1.807) is 0 Å². The van der Waals surface area contributed by atoms with E-state index in [9.17, 15) is 0 Å². The van der Waals surface area contributed by atoms with Gasteiger partial charge in [0.15, 0.2) is 0 Å². The number of hydrogen-bond donors (Lipinski definition) is 1. The first-order valence-corrected chi connectivity index (χ1v) is 7.21. The lowest BCUT2D eigenvalue weighted by Gasteiger charge is -2.34. The Morgan fingerprint density at radius 1 is 1.39 bits per heavy atom. The van der Waals surface area contributed by atoms with Gasteiger partial charge in [-0.1, -0.05) is 37.3 Å². The van der Waals surface area contributed by atoms with E-state index in [1.165, 1.54) is 30.6 Å². The van der Waals surface area contributed by atoms with Crippen LogP contribution in [-0.4, -0.2) is 18.1 Å². The predicted molar refractivity (Wildman–Crippen MR) is 82.3 cm³/mol. The highest BCUT2D eigenvalue weighted by Crippen LogP contribution is 2.34. The zero-order valence-corrected chi connectivity index (χ0v) is 11.9. The fourth-order valence-electron chi connectivity index (χ4n) is 2.65. The molecular formula is C15H22N2S. The van der Waals surface area contributed by atoms with Gasteiger partial charge >= 0.3 is 0 Å². The van der Waals surface area contributed by atoms with Crippen molar-refractivity contribution >= 4 is 22.9 Å². The van der Waals surface area contributed by atoms with Crippen molar-refractivity contribution < 1.29 is 0 Å². The molecule has 1 aromatic rings. The Labute approximate surface area is 115 Å². The molecule has 1 aromatic carbocycles. The minimum Gasteiger partial charge on any atom is -0.393 e. The first kappa shape index (κ1) is 13.3. The molecule has 1 aliphatic heterocycles. The topological polar surface area (TPSA) is 29.3 Å². The van der Waals surface area contributed by atoms with Gasteiger partial charge in [-0.15, -0.1) is 0 Å². The first-order chi connectivity index (χ1) is 8.68. The SMILES string of the molecule is CC1CCN(CCCCC(N)=S)c2ccccc21. The summed E-state index contributed by atoms with van der Waals surface area (Å²) in [5.74, 6) is 0.689. The molecule has 2 rings (SSSR count). The quantitative estimate of drug-likeness (QED) is 0.651. The standard InChI is InChI=1S/C15H22N2S/c1-12-9-11-17(10-5-4-8-15(16)18)14-7-3-2-6-13(12)14/h2-3,6-7,12H,4-5,8-11H2,1H3,(H2,16,18). The summed E-state index contributed by atoms with van der Waals surface area (Å²) in [6.07, 6.45) is 4.40. The molecule has 98 valence electrons. The van der Waals surface area contributed by atoms with Crippen LogP contribution in [0.3, 0.4) is 0 Å². The van der Waals surface area contributed by atoms with Gasteiger partial charge in [0.2, 0.25) is 0 Å². The first-order valence-electron chi connectivity index (χ1n) is 6.80. The van der Waals surface area contributed by atoms with Crippen molar-refractivity contribution in [1.29, 1.82) is 0 Å². The van der Waals surface area contributed by atoms with Gasteiger partial charge in [0, 0.05) is 18.8 Å². The zero-order valence-electron chi connectivity index (χ0n) is 11.1. The molecule has 0 aromatic heterocycles. The molecule has 1 atom stereocenters. The van der Waals surface area contributed by atoms with E-state index in [2.05, 4.69) is 36.1 Å². The predicted octanol–water partition coefficient (Wildman–Crippen LogP) is 3.46. The van der Waals surface area contributed by atoms with Gasteiger partial charge in [-0.05, 0) is 43.2 Å². The normalized spacial score (nSPS) is 18.5. The van der Waals surface area contributed by atoms with Crippen molar-refractivity contribution in [2.45, 2.75) is 38.5 Å². The average molecular weight is 262 g/mol. The third-order valence-corrected chi connectivity index (χ3v) is 3.95. The molecule has 18 heavy (non-hydrogen) atoms. The highest BCUT2D eigenvalue weighted by Gasteiger charge is 2.20. The number of nitrogens with zero attached hydrogens (tertiary/aromatic N) is 1. The molecule has 0 radical (unpaired) electrons. The second-order valence-corrected chi connectivity index (χ2v) is 5.68. The van der Waals surface area contributed by atoms with Crippen LogP contribution >= 0.6 is 12.2 Å². The number of anilines is 1. The number of thiocarbonyl (C=S) groups is 1. The lowest BCUT2D eigenvalue weighted by atomic mass is 9.91. The van der Waals surface area contributed by atoms with Crippen LogP contribution in [0, 0.1) is 0 Å². The summed E-state index contributed by atoms with van der Waals surface area (Å²) in [6.45, 7) is 4.61. The van der Waals surface area contributed by atoms with E-state index < -0.39 is 0 Å². The summed E-state index contributed by atoms with van der Waals surface area (Å²) >= 11 is 4.91. The Morgan fingerprint density at radius 3 is 2.94 bits per heavy atom. The van der Waals surface area contributed by atoms with Gasteiger partial charge < -0.3 is 10.6 Å². The van der Waals surface area contributed by atoms with Crippen molar-refractivity contribution in [3.63, 3.8) is 0 Å². The number of unbranched alkanes of at least 4 members (excludes halogenated alkanes) is 1. The lowest BCUT2D eigenvalue weighted by molar-refractivity contribution is 0.594. The molecule has 0 aliphatic carbocycles. The Kier molecular flexibility index (Phi) is 4.59. The van der Waals surface area contributed by atoms with E-state index in [-0.39, 0.29) is 0 Å². The Bertz CT molecular complexity index is 417. The Hall–Kier alpha value is -1.09. The largest absolute Gasteiger partial charge is 0.393 e. The average Bonchev–Trinajstić information content (AvgIpc) is 2.37. The molecule has 0 amide bonds. The van der Waals surface area contributed by atoms with Crippen LogP contribution in [0.15, 0.2) is 24.3 Å². The summed E-state index contributed by atoms with van der Waals surface area (Å²) in [4.78, 5) is 3.15. The molecule has 3 heteroatoms. The van der Waals surface area contributed by atoms with Gasteiger partial charge in [0.1, 0.15) is 0 Å². The highest BCUT2D eigenvalue weighted by molar-refractivity contribution is 7.80. The molecule has 0 saturated carbocycles. The van der Waals surface area contributed by atoms with Gasteiger partial charge in [-0.2, -0.15) is 0 Å². The van der Waals surface area contributed by atoms with Crippen molar-refractivity contribution in [2.24, 2.45) is 5.73 Å². The van der Waals surface area contributed by atoms with Crippen molar-refractivity contribution in [3.8, 4) is 0 Å². The van der Waals surface area contributed by atoms with Crippen LogP contribution in [0.25, 0.3) is 0 Å². The van der Waals surface area contributed by atoms with E-state index in [0.29, 0.717) is 10.9 Å². The number of nitrogens with two attached hydrogens (primary N) is 1. The molecule has 1 unspecified atom stereocenters. The monoisotopic (exact) mass is 262 g/mol. The minimum absolute atomic E-state index is 0.641. The van der Waals surface area contributed by atoms with E-state index in [0.717, 1.165) is 19.4 Å². The molecule has 2 N–H and O–H groups in total. The van der Waals surface area contributed by atoms with Crippen LogP contribution in [0.1, 0.15) is 44.1 Å². The van der Waals surface area contributed by atoms with Crippen LogP contribution < -0.4 is 10.6 Å². The van der Waals surface area contributed by atoms with Crippen LogP contribution in [-0.2, 0) is 0 Å². The summed E-state index contributed by atoms with van der Waals surface area (Å²) in [5, 5.41) is 0. The van der Waals surface area contributed by atoms with Crippen molar-refractivity contribution in [2.75, 3.05) is 18.0 Å². The molecule has 0 saturated heterocycles. The maximum atomic E-state index is 5.52. The fraction of sp³-hybridized carbons (Fsp3) is 0.533. The van der Waals surface area contributed by atoms with Gasteiger partial charge in [0.05, 0.1) is 4.99 Å². The van der Waals surface area contributed by atoms with Crippen LogP contribution in [0.4, 0.5) is 5.69 Å². The second-order valence-electron chi connectivity index (χ2n) is 5.16. The van der Waals surface area contributed by atoms with E-state index >= 15 is 0 Å². The van der Waals surface area contributed by atoms with Crippen LogP contribution in [0.2, 0.25) is 0 Å². The van der Waals surface area contributed by atoms with Crippen molar-refractivity contribution in [1.82, 2.24) is 0 Å². The summed E-state index contributed by atoms with van der Waals surface area (Å²) in [7, 11) is 0. The molecule has 1 heterocycles. The minimum atomic E-state index is 0.641. The third-order valence-electron chi connectivity index (χ3n) is 3.74. The van der Waals surface area contributed by atoms with Crippen molar-refractivity contribution in [3.05, 3.63) is 29.8 Å². The van der Waals surface area contributed by atoms with Gasteiger partial charge in [-0.3, -0.25) is 0 Å². The molecular weight excluding hydrogens is 240 g/mol. The molecule has 0 bridgehead atoms. The number of benzene rings is 1. The maximum absolute atomic E-state index is 5.52. The second kappa shape index (κ2) is 6.19. The molecule has 1 aliphatic rings. The maximum Gasteiger partial charge on any atom is 0.0727 e. The number of hydrogen-bond acceptors (Lipinski definition) is 2. The van der Waals surface area contributed by atoms with Crippen LogP contribution in [0.5, 0.6) is 0 Å². The molecule has 2 nitrogen and oxygen atoms in total.